The highest BCUT2D eigenvalue weighted by atomic mass is 16.5. The second kappa shape index (κ2) is 4.41. The van der Waals surface area contributed by atoms with E-state index in [1.165, 1.54) is 47.3 Å². The zero-order chi connectivity index (χ0) is 12.8. The third-order valence-electron chi connectivity index (χ3n) is 4.77. The van der Waals surface area contributed by atoms with E-state index in [4.69, 9.17) is 9.47 Å². The Morgan fingerprint density at radius 1 is 1.00 bits per heavy atom. The Balaban J connectivity index is 1.89. The first-order valence-corrected chi connectivity index (χ1v) is 7.53. The third-order valence-corrected chi connectivity index (χ3v) is 4.77. The second-order valence-corrected chi connectivity index (χ2v) is 5.85. The predicted molar refractivity (Wildman–Crippen MR) is 74.2 cm³/mol. The predicted octanol–water partition coefficient (Wildman–Crippen LogP) is 2.68. The molecule has 3 heterocycles. The minimum atomic E-state index is 0.469. The van der Waals surface area contributed by atoms with E-state index in [2.05, 4.69) is 12.2 Å². The minimum Gasteiger partial charge on any atom is -0.493 e. The van der Waals surface area contributed by atoms with Crippen molar-refractivity contribution in [2.24, 2.45) is 0 Å². The van der Waals surface area contributed by atoms with E-state index in [0.29, 0.717) is 6.04 Å². The Kier molecular flexibility index (Phi) is 2.69. The Labute approximate surface area is 114 Å². The highest BCUT2D eigenvalue weighted by Crippen LogP contribution is 2.47. The summed E-state index contributed by atoms with van der Waals surface area (Å²) in [6, 6.07) is 0.469. The summed E-state index contributed by atoms with van der Waals surface area (Å²) in [5.41, 5.74) is 5.55. The maximum absolute atomic E-state index is 5.99. The molecule has 0 saturated carbocycles. The van der Waals surface area contributed by atoms with Crippen LogP contribution in [0.4, 0.5) is 0 Å². The topological polar surface area (TPSA) is 30.5 Å². The van der Waals surface area contributed by atoms with Crippen molar-refractivity contribution in [3.05, 3.63) is 22.3 Å². The fraction of sp³-hybridized carbons (Fsp3) is 0.625. The molecule has 3 nitrogen and oxygen atoms in total. The summed E-state index contributed by atoms with van der Waals surface area (Å²) < 4.78 is 11.9. The molecular formula is C16H21NO2. The van der Waals surface area contributed by atoms with Gasteiger partial charge in [0.05, 0.1) is 13.2 Å². The highest BCUT2D eigenvalue weighted by Gasteiger charge is 2.33. The largest absolute Gasteiger partial charge is 0.493 e. The van der Waals surface area contributed by atoms with Gasteiger partial charge in [-0.1, -0.05) is 6.42 Å². The molecule has 0 aliphatic carbocycles. The minimum absolute atomic E-state index is 0.469. The molecule has 1 N–H and O–H groups in total. The molecule has 1 atom stereocenters. The first-order valence-electron chi connectivity index (χ1n) is 7.53. The number of hydrogen-bond donors (Lipinski definition) is 1. The van der Waals surface area contributed by atoms with E-state index < -0.39 is 0 Å². The number of piperidine rings is 1. The lowest BCUT2D eigenvalue weighted by Gasteiger charge is -2.27. The first kappa shape index (κ1) is 11.6. The molecule has 0 bridgehead atoms. The van der Waals surface area contributed by atoms with Gasteiger partial charge in [0.25, 0.3) is 0 Å². The normalized spacial score (nSPS) is 24.6. The smallest absolute Gasteiger partial charge is 0.128 e. The van der Waals surface area contributed by atoms with Crippen molar-refractivity contribution >= 4 is 0 Å². The molecule has 0 radical (unpaired) electrons. The average Bonchev–Trinajstić information content (AvgIpc) is 3.09. The molecule has 1 aromatic rings. The lowest BCUT2D eigenvalue weighted by molar-refractivity contribution is 0.338. The van der Waals surface area contributed by atoms with E-state index in [1.54, 1.807) is 0 Å². The first-order chi connectivity index (χ1) is 9.36. The Morgan fingerprint density at radius 3 is 2.58 bits per heavy atom. The van der Waals surface area contributed by atoms with Crippen LogP contribution in [0.25, 0.3) is 0 Å². The molecule has 1 unspecified atom stereocenters. The van der Waals surface area contributed by atoms with Gasteiger partial charge in [-0.25, -0.2) is 0 Å². The number of rotatable bonds is 1. The molecule has 19 heavy (non-hydrogen) atoms. The third kappa shape index (κ3) is 1.68. The van der Waals surface area contributed by atoms with Crippen LogP contribution in [0.15, 0.2) is 0 Å². The van der Waals surface area contributed by atoms with Gasteiger partial charge in [-0.05, 0) is 31.9 Å². The van der Waals surface area contributed by atoms with Gasteiger partial charge in [0.15, 0.2) is 0 Å². The molecule has 1 fully saturated rings. The zero-order valence-corrected chi connectivity index (χ0v) is 11.6. The van der Waals surface area contributed by atoms with Crippen molar-refractivity contribution in [1.29, 1.82) is 0 Å². The van der Waals surface area contributed by atoms with Crippen LogP contribution in [-0.4, -0.2) is 19.8 Å². The molecule has 0 aromatic heterocycles. The summed E-state index contributed by atoms with van der Waals surface area (Å²) in [6.45, 7) is 4.98. The van der Waals surface area contributed by atoms with E-state index >= 15 is 0 Å². The molecular weight excluding hydrogens is 238 g/mol. The fourth-order valence-electron chi connectivity index (χ4n) is 3.84. The number of benzene rings is 1. The Morgan fingerprint density at radius 2 is 1.79 bits per heavy atom. The van der Waals surface area contributed by atoms with Gasteiger partial charge in [-0.2, -0.15) is 0 Å². The maximum atomic E-state index is 5.99. The molecule has 0 amide bonds. The van der Waals surface area contributed by atoms with Crippen LogP contribution in [0, 0.1) is 6.92 Å². The van der Waals surface area contributed by atoms with Crippen LogP contribution in [0.3, 0.4) is 0 Å². The van der Waals surface area contributed by atoms with Gasteiger partial charge in [0.1, 0.15) is 11.5 Å². The van der Waals surface area contributed by atoms with E-state index in [0.717, 1.165) is 38.3 Å². The summed E-state index contributed by atoms with van der Waals surface area (Å²) in [6.07, 6.45) is 5.92. The van der Waals surface area contributed by atoms with Gasteiger partial charge in [0, 0.05) is 35.6 Å². The number of hydrogen-bond acceptors (Lipinski definition) is 3. The van der Waals surface area contributed by atoms with E-state index in [1.807, 2.05) is 0 Å². The lowest BCUT2D eigenvalue weighted by Crippen LogP contribution is -2.28. The molecule has 0 spiro atoms. The van der Waals surface area contributed by atoms with Crippen molar-refractivity contribution in [2.75, 3.05) is 19.8 Å². The van der Waals surface area contributed by atoms with Crippen molar-refractivity contribution in [3.63, 3.8) is 0 Å². The van der Waals surface area contributed by atoms with Crippen LogP contribution in [0.5, 0.6) is 11.5 Å². The van der Waals surface area contributed by atoms with Crippen LogP contribution in [-0.2, 0) is 12.8 Å². The summed E-state index contributed by atoms with van der Waals surface area (Å²) in [5, 5.41) is 3.68. The molecule has 102 valence electrons. The Hall–Kier alpha value is -1.22. The SMILES string of the molecule is Cc1c2c(c(C3CCCCN3)c3c1OCC3)OCC2. The van der Waals surface area contributed by atoms with Gasteiger partial charge in [-0.3, -0.25) is 0 Å². The molecule has 3 aliphatic rings. The summed E-state index contributed by atoms with van der Waals surface area (Å²) in [4.78, 5) is 0. The van der Waals surface area contributed by atoms with Crippen molar-refractivity contribution in [1.82, 2.24) is 5.32 Å². The van der Waals surface area contributed by atoms with Gasteiger partial charge in [-0.15, -0.1) is 0 Å². The molecule has 4 rings (SSSR count). The van der Waals surface area contributed by atoms with Gasteiger partial charge < -0.3 is 14.8 Å². The van der Waals surface area contributed by atoms with Crippen LogP contribution < -0.4 is 14.8 Å². The van der Waals surface area contributed by atoms with Crippen molar-refractivity contribution < 1.29 is 9.47 Å². The molecule has 1 saturated heterocycles. The second-order valence-electron chi connectivity index (χ2n) is 5.85. The monoisotopic (exact) mass is 259 g/mol. The summed E-state index contributed by atoms with van der Waals surface area (Å²) in [5.74, 6) is 2.34. The standard InChI is InChI=1S/C16H21NO2/c1-10-11-5-8-19-16(11)14(12-6-9-18-15(10)12)13-4-2-3-7-17-13/h13,17H,2-9H2,1H3. The van der Waals surface area contributed by atoms with E-state index in [-0.39, 0.29) is 0 Å². The molecule has 3 heteroatoms. The molecule has 3 aliphatic heterocycles. The quantitative estimate of drug-likeness (QED) is 0.841. The summed E-state index contributed by atoms with van der Waals surface area (Å²) in [7, 11) is 0. The Bertz CT molecular complexity index is 483. The molecule has 1 aromatic carbocycles. The van der Waals surface area contributed by atoms with Crippen LogP contribution in [0.2, 0.25) is 0 Å². The van der Waals surface area contributed by atoms with Gasteiger partial charge in [0.2, 0.25) is 0 Å². The van der Waals surface area contributed by atoms with Crippen molar-refractivity contribution in [3.8, 4) is 11.5 Å². The number of nitrogens with one attached hydrogen (secondary N) is 1. The number of fused-ring (bicyclic) bond motifs is 2. The number of ether oxygens (including phenoxy) is 2. The zero-order valence-electron chi connectivity index (χ0n) is 11.6. The van der Waals surface area contributed by atoms with E-state index in [9.17, 15) is 0 Å². The van der Waals surface area contributed by atoms with Gasteiger partial charge >= 0.3 is 0 Å². The van der Waals surface area contributed by atoms with Crippen molar-refractivity contribution in [2.45, 2.75) is 45.1 Å². The maximum Gasteiger partial charge on any atom is 0.128 e. The lowest BCUT2D eigenvalue weighted by atomic mass is 9.88. The fourth-order valence-corrected chi connectivity index (χ4v) is 3.84. The highest BCUT2D eigenvalue weighted by molar-refractivity contribution is 5.62. The van der Waals surface area contributed by atoms with Crippen LogP contribution in [0.1, 0.15) is 47.6 Å². The average molecular weight is 259 g/mol. The summed E-state index contributed by atoms with van der Waals surface area (Å²) >= 11 is 0. The van der Waals surface area contributed by atoms with Crippen LogP contribution >= 0.6 is 0 Å².